The van der Waals surface area contributed by atoms with E-state index in [1.807, 2.05) is 6.07 Å². The number of anilines is 1. The lowest BCUT2D eigenvalue weighted by atomic mass is 9.92. The minimum atomic E-state index is 0.564. The van der Waals surface area contributed by atoms with Crippen molar-refractivity contribution in [2.75, 3.05) is 18.8 Å². The first kappa shape index (κ1) is 19.5. The largest absolute Gasteiger partial charge is 0.439 e. The van der Waals surface area contributed by atoms with E-state index in [2.05, 4.69) is 59.3 Å². The average molecular weight is 388 g/mol. The number of nitrogen functional groups attached to an aromatic ring is 1. The second-order valence-corrected chi connectivity index (χ2v) is 7.95. The Labute approximate surface area is 173 Å². The third-order valence-corrected chi connectivity index (χ3v) is 5.71. The highest BCUT2D eigenvalue weighted by atomic mass is 16.5. The van der Waals surface area contributed by atoms with Gasteiger partial charge in [-0.05, 0) is 74.0 Å². The topological polar surface area (TPSA) is 51.4 Å². The van der Waals surface area contributed by atoms with Gasteiger partial charge in [0.2, 0.25) is 5.88 Å². The molecule has 0 spiro atoms. The summed E-state index contributed by atoms with van der Waals surface area (Å²) in [5.74, 6) is 2.09. The van der Waals surface area contributed by atoms with E-state index in [-0.39, 0.29) is 0 Å². The maximum Gasteiger partial charge on any atom is 0.219 e. The summed E-state index contributed by atoms with van der Waals surface area (Å²) >= 11 is 0. The third-order valence-electron chi connectivity index (χ3n) is 5.71. The molecule has 2 heterocycles. The van der Waals surface area contributed by atoms with Crippen LogP contribution in [0.15, 0.2) is 66.9 Å². The molecule has 0 saturated carbocycles. The van der Waals surface area contributed by atoms with Gasteiger partial charge in [0.1, 0.15) is 5.75 Å². The van der Waals surface area contributed by atoms with Crippen LogP contribution in [0.1, 0.15) is 41.9 Å². The maximum absolute atomic E-state index is 5.91. The highest BCUT2D eigenvalue weighted by Gasteiger charge is 2.18. The summed E-state index contributed by atoms with van der Waals surface area (Å²) in [5.41, 5.74) is 10.3. The zero-order valence-corrected chi connectivity index (χ0v) is 17.1. The van der Waals surface area contributed by atoms with E-state index in [4.69, 9.17) is 10.5 Å². The lowest BCUT2D eigenvalue weighted by molar-refractivity contribution is 0.275. The van der Waals surface area contributed by atoms with Gasteiger partial charge in [-0.2, -0.15) is 0 Å². The third kappa shape index (κ3) is 5.15. The smallest absolute Gasteiger partial charge is 0.219 e. The first-order chi connectivity index (χ1) is 14.2. The van der Waals surface area contributed by atoms with Crippen molar-refractivity contribution in [1.29, 1.82) is 0 Å². The summed E-state index contributed by atoms with van der Waals surface area (Å²) in [6, 6.07) is 21.0. The Balaban J connectivity index is 1.37. The molecule has 1 fully saturated rings. The molecule has 0 aliphatic carbocycles. The molecule has 3 aromatic rings. The number of hydrogen-bond donors (Lipinski definition) is 1. The number of nitrogens with zero attached hydrogens (tertiary/aromatic N) is 2. The molecule has 2 N–H and O–H groups in total. The number of rotatable bonds is 5. The lowest BCUT2D eigenvalue weighted by Gasteiger charge is -2.21. The van der Waals surface area contributed by atoms with Gasteiger partial charge in [0.15, 0.2) is 0 Å². The van der Waals surface area contributed by atoms with Crippen LogP contribution in [0.3, 0.4) is 0 Å². The normalized spacial score (nSPS) is 17.6. The first-order valence-corrected chi connectivity index (χ1v) is 10.4. The molecular formula is C25H29N3O. The summed E-state index contributed by atoms with van der Waals surface area (Å²) in [5, 5.41) is 0. The predicted octanol–water partition coefficient (Wildman–Crippen LogP) is 5.53. The van der Waals surface area contributed by atoms with Crippen LogP contribution in [0.4, 0.5) is 5.69 Å². The molecule has 1 aliphatic rings. The lowest BCUT2D eigenvalue weighted by Crippen LogP contribution is -2.24. The molecule has 0 amide bonds. The van der Waals surface area contributed by atoms with E-state index in [1.54, 1.807) is 18.3 Å². The van der Waals surface area contributed by atoms with E-state index in [1.165, 1.54) is 30.4 Å². The van der Waals surface area contributed by atoms with Crippen LogP contribution in [-0.2, 0) is 6.54 Å². The molecule has 0 radical (unpaired) electrons. The van der Waals surface area contributed by atoms with Gasteiger partial charge in [-0.15, -0.1) is 0 Å². The molecule has 1 aromatic heterocycles. The molecule has 2 aromatic carbocycles. The number of aryl methyl sites for hydroxylation is 1. The van der Waals surface area contributed by atoms with Crippen LogP contribution < -0.4 is 10.5 Å². The fourth-order valence-corrected chi connectivity index (χ4v) is 4.12. The number of benzene rings is 2. The molecule has 150 valence electrons. The highest BCUT2D eigenvalue weighted by Crippen LogP contribution is 2.29. The van der Waals surface area contributed by atoms with Gasteiger partial charge in [-0.25, -0.2) is 4.98 Å². The Morgan fingerprint density at radius 3 is 2.66 bits per heavy atom. The molecule has 29 heavy (non-hydrogen) atoms. The van der Waals surface area contributed by atoms with Gasteiger partial charge in [-0.1, -0.05) is 42.5 Å². The van der Waals surface area contributed by atoms with Crippen molar-refractivity contribution in [1.82, 2.24) is 9.88 Å². The number of nitrogens with two attached hydrogens (primary N) is 1. The summed E-state index contributed by atoms with van der Waals surface area (Å²) in [4.78, 5) is 6.80. The number of hydrogen-bond acceptors (Lipinski definition) is 4. The second-order valence-electron chi connectivity index (χ2n) is 7.95. The Kier molecular flexibility index (Phi) is 6.11. The zero-order valence-electron chi connectivity index (χ0n) is 17.1. The average Bonchev–Trinajstić information content (AvgIpc) is 2.98. The monoisotopic (exact) mass is 387 g/mol. The van der Waals surface area contributed by atoms with Crippen molar-refractivity contribution < 1.29 is 4.74 Å². The Bertz CT molecular complexity index is 925. The Morgan fingerprint density at radius 2 is 1.90 bits per heavy atom. The summed E-state index contributed by atoms with van der Waals surface area (Å²) in [7, 11) is 0. The minimum Gasteiger partial charge on any atom is -0.439 e. The molecule has 0 bridgehead atoms. The van der Waals surface area contributed by atoms with Gasteiger partial charge >= 0.3 is 0 Å². The second kappa shape index (κ2) is 9.10. The fraction of sp³-hybridized carbons (Fsp3) is 0.320. The number of ether oxygens (including phenoxy) is 1. The molecule has 1 atom stereocenters. The molecule has 4 heteroatoms. The van der Waals surface area contributed by atoms with Gasteiger partial charge in [0.25, 0.3) is 0 Å². The summed E-state index contributed by atoms with van der Waals surface area (Å²) in [6.45, 7) is 5.38. The van der Waals surface area contributed by atoms with Crippen LogP contribution in [0.2, 0.25) is 0 Å². The van der Waals surface area contributed by atoms with Crippen LogP contribution in [-0.4, -0.2) is 23.0 Å². The van der Waals surface area contributed by atoms with Crippen LogP contribution in [0.5, 0.6) is 11.6 Å². The molecule has 4 nitrogen and oxygen atoms in total. The van der Waals surface area contributed by atoms with Crippen molar-refractivity contribution in [3.8, 4) is 11.6 Å². The van der Waals surface area contributed by atoms with E-state index in [0.29, 0.717) is 17.5 Å². The number of aromatic nitrogens is 1. The van der Waals surface area contributed by atoms with E-state index in [0.717, 1.165) is 30.9 Å². The standard InChI is InChI=1S/C25H29N3O/c1-19-16-20(9-11-24(19)29-25-12-10-23(26)17-27-25)18-28-14-5-8-22(13-15-28)21-6-3-2-4-7-21/h2-4,6-7,9-12,16-17,22H,5,8,13-15,18,26H2,1H3. The SMILES string of the molecule is Cc1cc(CN2CCCC(c3ccccc3)CC2)ccc1Oc1ccc(N)cn1. The molecule has 1 unspecified atom stereocenters. The van der Waals surface area contributed by atoms with Crippen LogP contribution >= 0.6 is 0 Å². The minimum absolute atomic E-state index is 0.564. The van der Waals surface area contributed by atoms with Gasteiger partial charge in [0.05, 0.1) is 11.9 Å². The van der Waals surface area contributed by atoms with Crippen molar-refractivity contribution in [3.05, 3.63) is 83.6 Å². The van der Waals surface area contributed by atoms with E-state index >= 15 is 0 Å². The van der Waals surface area contributed by atoms with Crippen molar-refractivity contribution >= 4 is 5.69 Å². The molecule has 1 aliphatic heterocycles. The van der Waals surface area contributed by atoms with Gasteiger partial charge in [0, 0.05) is 12.6 Å². The summed E-state index contributed by atoms with van der Waals surface area (Å²) in [6.07, 6.45) is 5.37. The zero-order chi connectivity index (χ0) is 20.1. The molecule has 4 rings (SSSR count). The Hall–Kier alpha value is -2.85. The fourth-order valence-electron chi connectivity index (χ4n) is 4.12. The van der Waals surface area contributed by atoms with Gasteiger partial charge < -0.3 is 10.5 Å². The highest BCUT2D eigenvalue weighted by molar-refractivity contribution is 5.41. The van der Waals surface area contributed by atoms with E-state index in [9.17, 15) is 0 Å². The first-order valence-electron chi connectivity index (χ1n) is 10.4. The van der Waals surface area contributed by atoms with Crippen LogP contribution in [0, 0.1) is 6.92 Å². The number of pyridine rings is 1. The van der Waals surface area contributed by atoms with E-state index < -0.39 is 0 Å². The molecule has 1 saturated heterocycles. The van der Waals surface area contributed by atoms with Crippen molar-refractivity contribution in [2.45, 2.75) is 38.6 Å². The van der Waals surface area contributed by atoms with Crippen molar-refractivity contribution in [2.24, 2.45) is 0 Å². The number of likely N-dealkylation sites (tertiary alicyclic amines) is 1. The Morgan fingerprint density at radius 1 is 1.03 bits per heavy atom. The predicted molar refractivity (Wildman–Crippen MR) is 118 cm³/mol. The summed E-state index contributed by atoms with van der Waals surface area (Å²) < 4.78 is 5.91. The molecular weight excluding hydrogens is 358 g/mol. The maximum atomic E-state index is 5.91. The van der Waals surface area contributed by atoms with Gasteiger partial charge in [-0.3, -0.25) is 4.90 Å². The quantitative estimate of drug-likeness (QED) is 0.625. The van der Waals surface area contributed by atoms with Crippen LogP contribution in [0.25, 0.3) is 0 Å². The van der Waals surface area contributed by atoms with Crippen molar-refractivity contribution in [3.63, 3.8) is 0 Å².